The molecule has 0 saturated carbocycles. The molecule has 0 spiro atoms. The van der Waals surface area contributed by atoms with Crippen LogP contribution in [0.4, 0.5) is 4.39 Å². The Balaban J connectivity index is 2.53. The van der Waals surface area contributed by atoms with E-state index in [1.807, 2.05) is 6.92 Å². The molecule has 1 unspecified atom stereocenters. The summed E-state index contributed by atoms with van der Waals surface area (Å²) in [6, 6.07) is 5.76. The molecule has 16 heavy (non-hydrogen) atoms. The third kappa shape index (κ3) is 3.97. The van der Waals surface area contributed by atoms with Gasteiger partial charge in [-0.05, 0) is 43.4 Å². The molecule has 1 atom stereocenters. The summed E-state index contributed by atoms with van der Waals surface area (Å²) in [5.74, 6) is 0.786. The second-order valence-corrected chi connectivity index (χ2v) is 5.19. The monoisotopic (exact) mass is 240 g/mol. The lowest BCUT2D eigenvalue weighted by molar-refractivity contribution is 0.0994. The maximum absolute atomic E-state index is 12.7. The van der Waals surface area contributed by atoms with Crippen LogP contribution in [0.2, 0.25) is 0 Å². The molecule has 0 aromatic heterocycles. The van der Waals surface area contributed by atoms with Gasteiger partial charge in [0.05, 0.1) is 5.25 Å². The zero-order valence-corrected chi connectivity index (χ0v) is 10.5. The van der Waals surface area contributed by atoms with Gasteiger partial charge in [0.2, 0.25) is 0 Å². The first-order valence-corrected chi connectivity index (χ1v) is 6.61. The zero-order valence-electron chi connectivity index (χ0n) is 9.70. The minimum Gasteiger partial charge on any atom is -0.293 e. The highest BCUT2D eigenvalue weighted by Gasteiger charge is 2.14. The van der Waals surface area contributed by atoms with Gasteiger partial charge in [-0.1, -0.05) is 13.3 Å². The lowest BCUT2D eigenvalue weighted by Gasteiger charge is -2.09. The van der Waals surface area contributed by atoms with Crippen LogP contribution in [-0.4, -0.2) is 16.8 Å². The molecule has 0 radical (unpaired) electrons. The van der Waals surface area contributed by atoms with Gasteiger partial charge >= 0.3 is 0 Å². The Bertz CT molecular complexity index is 334. The van der Waals surface area contributed by atoms with Crippen LogP contribution >= 0.6 is 11.8 Å². The fourth-order valence-electron chi connectivity index (χ4n) is 1.33. The van der Waals surface area contributed by atoms with E-state index in [2.05, 4.69) is 6.92 Å². The molecule has 88 valence electrons. The van der Waals surface area contributed by atoms with Crippen molar-refractivity contribution in [1.82, 2.24) is 0 Å². The molecule has 0 aliphatic carbocycles. The first kappa shape index (κ1) is 13.2. The number of thioether (sulfide) groups is 1. The molecule has 0 saturated heterocycles. The van der Waals surface area contributed by atoms with Crippen LogP contribution in [0.5, 0.6) is 0 Å². The summed E-state index contributed by atoms with van der Waals surface area (Å²) in [6.07, 6.45) is 2.27. The summed E-state index contributed by atoms with van der Waals surface area (Å²) >= 11 is 1.66. The number of benzene rings is 1. The minimum absolute atomic E-state index is 0.0444. The van der Waals surface area contributed by atoms with Gasteiger partial charge in [0.25, 0.3) is 0 Å². The average molecular weight is 240 g/mol. The van der Waals surface area contributed by atoms with Crippen LogP contribution in [0, 0.1) is 5.82 Å². The lowest BCUT2D eigenvalue weighted by Crippen LogP contribution is -2.14. The molecule has 1 aromatic carbocycles. The number of carbonyl (C=O) groups is 1. The second-order valence-electron chi connectivity index (χ2n) is 3.74. The number of ketones is 1. The van der Waals surface area contributed by atoms with E-state index in [1.165, 1.54) is 12.1 Å². The molecule has 0 fully saturated rings. The van der Waals surface area contributed by atoms with Crippen molar-refractivity contribution in [3.63, 3.8) is 0 Å². The second kappa shape index (κ2) is 6.69. The highest BCUT2D eigenvalue weighted by molar-refractivity contribution is 8.00. The lowest BCUT2D eigenvalue weighted by atomic mass is 10.1. The summed E-state index contributed by atoms with van der Waals surface area (Å²) in [4.78, 5) is 11.9. The maximum Gasteiger partial charge on any atom is 0.175 e. The predicted octanol–water partition coefficient (Wildman–Crippen LogP) is 3.93. The standard InChI is InChI=1S/C13H17FOS/c1-3-4-9-16-10(2)13(15)11-5-7-12(14)8-6-11/h5-8,10H,3-4,9H2,1-2H3. The van der Waals surface area contributed by atoms with Gasteiger partial charge in [-0.3, -0.25) is 4.79 Å². The molecule has 1 aromatic rings. The van der Waals surface area contributed by atoms with Gasteiger partial charge < -0.3 is 0 Å². The Hall–Kier alpha value is -0.830. The third-order valence-electron chi connectivity index (χ3n) is 2.36. The van der Waals surface area contributed by atoms with Crippen molar-refractivity contribution >= 4 is 17.5 Å². The Morgan fingerprint density at radius 3 is 2.56 bits per heavy atom. The molecule has 1 nitrogen and oxygen atoms in total. The Morgan fingerprint density at radius 1 is 1.38 bits per heavy atom. The number of hydrogen-bond donors (Lipinski definition) is 0. The normalized spacial score (nSPS) is 12.4. The van der Waals surface area contributed by atoms with Crippen molar-refractivity contribution in [2.24, 2.45) is 0 Å². The van der Waals surface area contributed by atoms with Crippen LogP contribution in [0.3, 0.4) is 0 Å². The van der Waals surface area contributed by atoms with Gasteiger partial charge in [-0.15, -0.1) is 0 Å². The van der Waals surface area contributed by atoms with E-state index in [9.17, 15) is 9.18 Å². The van der Waals surface area contributed by atoms with Crippen molar-refractivity contribution in [1.29, 1.82) is 0 Å². The Kier molecular flexibility index (Phi) is 5.53. The number of rotatable bonds is 6. The van der Waals surface area contributed by atoms with E-state index in [-0.39, 0.29) is 16.9 Å². The average Bonchev–Trinajstić information content (AvgIpc) is 2.29. The highest BCUT2D eigenvalue weighted by atomic mass is 32.2. The van der Waals surface area contributed by atoms with E-state index in [4.69, 9.17) is 0 Å². The molecule has 0 aliphatic rings. The number of Topliss-reactive ketones (excluding diaryl/α,β-unsaturated/α-hetero) is 1. The Morgan fingerprint density at radius 2 is 2.00 bits per heavy atom. The first-order chi connectivity index (χ1) is 7.65. The maximum atomic E-state index is 12.7. The smallest absolute Gasteiger partial charge is 0.175 e. The SMILES string of the molecule is CCCCSC(C)C(=O)c1ccc(F)cc1. The van der Waals surface area contributed by atoms with Crippen LogP contribution < -0.4 is 0 Å². The number of unbranched alkanes of at least 4 members (excludes halogenated alkanes) is 1. The van der Waals surface area contributed by atoms with Crippen molar-refractivity contribution in [2.45, 2.75) is 31.9 Å². The molecule has 0 amide bonds. The summed E-state index contributed by atoms with van der Waals surface area (Å²) in [6.45, 7) is 4.04. The molecular weight excluding hydrogens is 223 g/mol. The molecular formula is C13H17FOS. The first-order valence-electron chi connectivity index (χ1n) is 5.56. The fraction of sp³-hybridized carbons (Fsp3) is 0.462. The van der Waals surface area contributed by atoms with Crippen LogP contribution in [0.25, 0.3) is 0 Å². The highest BCUT2D eigenvalue weighted by Crippen LogP contribution is 2.17. The molecule has 0 heterocycles. The zero-order chi connectivity index (χ0) is 12.0. The molecule has 1 rings (SSSR count). The van der Waals surface area contributed by atoms with Crippen molar-refractivity contribution in [3.8, 4) is 0 Å². The summed E-state index contributed by atoms with van der Waals surface area (Å²) < 4.78 is 12.7. The largest absolute Gasteiger partial charge is 0.293 e. The van der Waals surface area contributed by atoms with Gasteiger partial charge in [-0.2, -0.15) is 11.8 Å². The van der Waals surface area contributed by atoms with E-state index < -0.39 is 0 Å². The number of carbonyl (C=O) groups excluding carboxylic acids is 1. The van der Waals surface area contributed by atoms with Crippen LogP contribution in [0.1, 0.15) is 37.0 Å². The number of hydrogen-bond acceptors (Lipinski definition) is 2. The van der Waals surface area contributed by atoms with E-state index in [0.29, 0.717) is 5.56 Å². The molecule has 0 aliphatic heterocycles. The fourth-order valence-corrected chi connectivity index (χ4v) is 2.43. The minimum atomic E-state index is -0.303. The topological polar surface area (TPSA) is 17.1 Å². The van der Waals surface area contributed by atoms with E-state index in [0.717, 1.165) is 18.6 Å². The Labute approximate surface area is 100 Å². The molecule has 0 N–H and O–H groups in total. The van der Waals surface area contributed by atoms with Gasteiger partial charge in [-0.25, -0.2) is 4.39 Å². The summed E-state index contributed by atoms with van der Waals surface area (Å²) in [5, 5.41) is -0.0444. The number of halogens is 1. The molecule has 0 bridgehead atoms. The van der Waals surface area contributed by atoms with Gasteiger partial charge in [0.1, 0.15) is 5.82 Å². The van der Waals surface area contributed by atoms with Crippen molar-refractivity contribution < 1.29 is 9.18 Å². The van der Waals surface area contributed by atoms with Crippen molar-refractivity contribution in [3.05, 3.63) is 35.6 Å². The quantitative estimate of drug-likeness (QED) is 0.553. The van der Waals surface area contributed by atoms with E-state index >= 15 is 0 Å². The van der Waals surface area contributed by atoms with Gasteiger partial charge in [0.15, 0.2) is 5.78 Å². The summed E-state index contributed by atoms with van der Waals surface area (Å²) in [7, 11) is 0. The van der Waals surface area contributed by atoms with Crippen LogP contribution in [0.15, 0.2) is 24.3 Å². The third-order valence-corrected chi connectivity index (χ3v) is 3.60. The predicted molar refractivity (Wildman–Crippen MR) is 67.6 cm³/mol. The van der Waals surface area contributed by atoms with Crippen LogP contribution in [-0.2, 0) is 0 Å². The summed E-state index contributed by atoms with van der Waals surface area (Å²) in [5.41, 5.74) is 0.595. The van der Waals surface area contributed by atoms with Gasteiger partial charge in [0, 0.05) is 5.56 Å². The molecule has 3 heteroatoms. The van der Waals surface area contributed by atoms with Crippen molar-refractivity contribution in [2.75, 3.05) is 5.75 Å². The van der Waals surface area contributed by atoms with E-state index in [1.54, 1.807) is 23.9 Å².